The molecule has 0 radical (unpaired) electrons. The maximum Gasteiger partial charge on any atom is 0.0544 e. The van der Waals surface area contributed by atoms with Crippen LogP contribution in [0.3, 0.4) is 0 Å². The van der Waals surface area contributed by atoms with E-state index in [2.05, 4.69) is 217 Å². The number of rotatable bonds is 3. The standard InChI is InChI=1S/C57H38N2/c1-57(2)50-21-11-8-18-43(50)46-29-31-54-55(56(46)57)49-33-36(25-30-53(49)58(54)37-14-4-3-5-15-37)35-24-27-41-39-16-6-7-17-40(39)42-28-26-38(34-48(42)47(41)32-35)59-51-22-12-9-19-44(51)45-20-10-13-23-52(45)59/h3-34H,1-2H3. The molecule has 2 nitrogen and oxygen atoms in total. The minimum absolute atomic E-state index is 0.145. The lowest BCUT2D eigenvalue weighted by Gasteiger charge is -2.22. The fourth-order valence-electron chi connectivity index (χ4n) is 10.9. The van der Waals surface area contributed by atoms with Crippen LogP contribution in [0.5, 0.6) is 0 Å². The van der Waals surface area contributed by atoms with E-state index in [4.69, 9.17) is 0 Å². The minimum Gasteiger partial charge on any atom is -0.309 e. The van der Waals surface area contributed by atoms with Crippen molar-refractivity contribution in [1.29, 1.82) is 0 Å². The SMILES string of the molecule is CC1(C)c2ccccc2-c2ccc3c(c21)c1cc(-c2ccc4c5ccccc5c5ccc(-n6c7ccccc7c7ccccc76)cc5c4c2)ccc1n3-c1ccccc1. The van der Waals surface area contributed by atoms with Crippen molar-refractivity contribution in [2.24, 2.45) is 0 Å². The van der Waals surface area contributed by atoms with Gasteiger partial charge < -0.3 is 9.13 Å². The summed E-state index contributed by atoms with van der Waals surface area (Å²) in [4.78, 5) is 0. The molecule has 2 heterocycles. The van der Waals surface area contributed by atoms with Gasteiger partial charge in [0, 0.05) is 38.3 Å². The van der Waals surface area contributed by atoms with Gasteiger partial charge in [-0.15, -0.1) is 0 Å². The molecule has 0 saturated heterocycles. The number of benzene rings is 10. The molecular formula is C57H38N2. The Balaban J connectivity index is 1.09. The second kappa shape index (κ2) is 11.8. The van der Waals surface area contributed by atoms with E-state index in [-0.39, 0.29) is 5.41 Å². The first-order valence-electron chi connectivity index (χ1n) is 20.7. The molecule has 0 bridgehead atoms. The Labute approximate surface area is 341 Å². The molecule has 1 aliphatic rings. The lowest BCUT2D eigenvalue weighted by atomic mass is 9.80. The quantitative estimate of drug-likeness (QED) is 0.159. The van der Waals surface area contributed by atoms with Gasteiger partial charge in [0.15, 0.2) is 0 Å². The molecule has 13 rings (SSSR count). The van der Waals surface area contributed by atoms with E-state index in [1.165, 1.54) is 121 Å². The second-order valence-corrected chi connectivity index (χ2v) is 16.9. The Morgan fingerprint density at radius 1 is 0.322 bits per heavy atom. The highest BCUT2D eigenvalue weighted by atomic mass is 15.0. The van der Waals surface area contributed by atoms with Gasteiger partial charge in [-0.3, -0.25) is 0 Å². The molecule has 0 saturated carbocycles. The summed E-state index contributed by atoms with van der Waals surface area (Å²) in [5.41, 5.74) is 15.1. The Kier molecular flexibility index (Phi) is 6.54. The van der Waals surface area contributed by atoms with Crippen molar-refractivity contribution >= 4 is 75.9 Å². The zero-order valence-corrected chi connectivity index (χ0v) is 32.9. The summed E-state index contributed by atoms with van der Waals surface area (Å²) in [5, 5.41) is 12.8. The minimum atomic E-state index is -0.145. The first-order valence-corrected chi connectivity index (χ1v) is 20.7. The molecule has 2 heteroatoms. The third kappa shape index (κ3) is 4.41. The summed E-state index contributed by atoms with van der Waals surface area (Å²) in [6.45, 7) is 4.80. The van der Waals surface area contributed by atoms with E-state index in [0.29, 0.717) is 0 Å². The maximum atomic E-state index is 2.46. The Bertz CT molecular complexity index is 3690. The van der Waals surface area contributed by atoms with Crippen LogP contribution in [0.2, 0.25) is 0 Å². The van der Waals surface area contributed by atoms with Gasteiger partial charge in [0.25, 0.3) is 0 Å². The molecule has 0 N–H and O–H groups in total. The van der Waals surface area contributed by atoms with Crippen LogP contribution in [-0.2, 0) is 5.41 Å². The summed E-state index contributed by atoms with van der Waals surface area (Å²) in [6.07, 6.45) is 0. The zero-order valence-electron chi connectivity index (χ0n) is 32.9. The predicted octanol–water partition coefficient (Wildman–Crippen LogP) is 15.3. The van der Waals surface area contributed by atoms with E-state index in [1.54, 1.807) is 0 Å². The highest BCUT2D eigenvalue weighted by Crippen LogP contribution is 2.53. The molecule has 59 heavy (non-hydrogen) atoms. The van der Waals surface area contributed by atoms with Crippen molar-refractivity contribution in [2.75, 3.05) is 0 Å². The highest BCUT2D eigenvalue weighted by Gasteiger charge is 2.38. The second-order valence-electron chi connectivity index (χ2n) is 16.9. The largest absolute Gasteiger partial charge is 0.309 e. The normalized spacial score (nSPS) is 13.4. The summed E-state index contributed by atoms with van der Waals surface area (Å²) >= 11 is 0. The first-order chi connectivity index (χ1) is 29.0. The molecule has 276 valence electrons. The predicted molar refractivity (Wildman–Crippen MR) is 251 cm³/mol. The Hall–Kier alpha value is -7.42. The van der Waals surface area contributed by atoms with Crippen LogP contribution in [0, 0.1) is 0 Å². The lowest BCUT2D eigenvalue weighted by Crippen LogP contribution is -2.15. The molecule has 0 unspecified atom stereocenters. The summed E-state index contributed by atoms with van der Waals surface area (Å²) in [6, 6.07) is 72.3. The van der Waals surface area contributed by atoms with Gasteiger partial charge in [-0.05, 0) is 126 Å². The number of fused-ring (bicyclic) bond motifs is 16. The smallest absolute Gasteiger partial charge is 0.0544 e. The van der Waals surface area contributed by atoms with Crippen LogP contribution in [0.1, 0.15) is 25.0 Å². The first kappa shape index (κ1) is 32.6. The average Bonchev–Trinajstić information content (AvgIpc) is 3.89. The molecular weight excluding hydrogens is 713 g/mol. The number of aromatic nitrogens is 2. The number of nitrogens with zero attached hydrogens (tertiary/aromatic N) is 2. The highest BCUT2D eigenvalue weighted by molar-refractivity contribution is 6.26. The molecule has 2 aromatic heterocycles. The van der Waals surface area contributed by atoms with E-state index in [9.17, 15) is 0 Å². The van der Waals surface area contributed by atoms with Crippen molar-refractivity contribution < 1.29 is 0 Å². The molecule has 0 amide bonds. The summed E-state index contributed by atoms with van der Waals surface area (Å²) < 4.78 is 4.90. The van der Waals surface area contributed by atoms with E-state index >= 15 is 0 Å². The van der Waals surface area contributed by atoms with Crippen LogP contribution in [0.4, 0.5) is 0 Å². The lowest BCUT2D eigenvalue weighted by molar-refractivity contribution is 0.666. The third-order valence-corrected chi connectivity index (χ3v) is 13.5. The number of para-hydroxylation sites is 3. The molecule has 0 atom stereocenters. The van der Waals surface area contributed by atoms with Crippen molar-refractivity contribution in [2.45, 2.75) is 19.3 Å². The van der Waals surface area contributed by atoms with Crippen LogP contribution < -0.4 is 0 Å². The van der Waals surface area contributed by atoms with Gasteiger partial charge in [0.05, 0.1) is 22.1 Å². The van der Waals surface area contributed by atoms with E-state index in [0.717, 1.165) is 0 Å². The van der Waals surface area contributed by atoms with E-state index < -0.39 is 0 Å². The monoisotopic (exact) mass is 750 g/mol. The molecule has 12 aromatic rings. The average molecular weight is 751 g/mol. The van der Waals surface area contributed by atoms with Crippen LogP contribution in [-0.4, -0.2) is 9.13 Å². The van der Waals surface area contributed by atoms with Crippen LogP contribution in [0.25, 0.3) is 110 Å². The Morgan fingerprint density at radius 3 is 1.56 bits per heavy atom. The number of hydrogen-bond acceptors (Lipinski definition) is 0. The fraction of sp³-hybridized carbons (Fsp3) is 0.0526. The van der Waals surface area contributed by atoms with Gasteiger partial charge in [0.1, 0.15) is 0 Å². The van der Waals surface area contributed by atoms with Gasteiger partial charge >= 0.3 is 0 Å². The van der Waals surface area contributed by atoms with Gasteiger partial charge in [-0.25, -0.2) is 0 Å². The van der Waals surface area contributed by atoms with E-state index in [1.807, 2.05) is 0 Å². The van der Waals surface area contributed by atoms with Crippen molar-refractivity contribution in [3.63, 3.8) is 0 Å². The van der Waals surface area contributed by atoms with Gasteiger partial charge in [-0.2, -0.15) is 0 Å². The van der Waals surface area contributed by atoms with Gasteiger partial charge in [0.2, 0.25) is 0 Å². The van der Waals surface area contributed by atoms with Crippen LogP contribution in [0.15, 0.2) is 194 Å². The number of hydrogen-bond donors (Lipinski definition) is 0. The zero-order chi connectivity index (χ0) is 39.0. The fourth-order valence-corrected chi connectivity index (χ4v) is 10.9. The topological polar surface area (TPSA) is 9.86 Å². The summed E-state index contributed by atoms with van der Waals surface area (Å²) in [7, 11) is 0. The van der Waals surface area contributed by atoms with Crippen LogP contribution >= 0.6 is 0 Å². The molecule has 0 aliphatic heterocycles. The Morgan fingerprint density at radius 2 is 0.831 bits per heavy atom. The van der Waals surface area contributed by atoms with Crippen molar-refractivity contribution in [3.8, 4) is 33.6 Å². The molecule has 0 fully saturated rings. The molecule has 10 aromatic carbocycles. The third-order valence-electron chi connectivity index (χ3n) is 13.5. The molecule has 0 spiro atoms. The maximum absolute atomic E-state index is 2.46. The van der Waals surface area contributed by atoms with Gasteiger partial charge in [-0.1, -0.05) is 147 Å². The summed E-state index contributed by atoms with van der Waals surface area (Å²) in [5.74, 6) is 0. The van der Waals surface area contributed by atoms with Crippen molar-refractivity contribution in [1.82, 2.24) is 9.13 Å². The molecule has 1 aliphatic carbocycles. The van der Waals surface area contributed by atoms with Crippen molar-refractivity contribution in [3.05, 3.63) is 205 Å².